The minimum Gasteiger partial charge on any atom is -0.481 e. The third kappa shape index (κ3) is 2.69. The molecular weight excluding hydrogens is 192 g/mol. The summed E-state index contributed by atoms with van der Waals surface area (Å²) in [6, 6.07) is 0.695. The van der Waals surface area contributed by atoms with Gasteiger partial charge in [0.2, 0.25) is 0 Å². The first kappa shape index (κ1) is 10.9. The van der Waals surface area contributed by atoms with E-state index in [0.29, 0.717) is 6.04 Å². The van der Waals surface area contributed by atoms with E-state index in [1.165, 1.54) is 12.8 Å². The number of rotatable bonds is 2. The zero-order valence-corrected chi connectivity index (χ0v) is 9.11. The summed E-state index contributed by atoms with van der Waals surface area (Å²) in [7, 11) is 0. The van der Waals surface area contributed by atoms with Crippen molar-refractivity contribution in [2.75, 3.05) is 26.2 Å². The van der Waals surface area contributed by atoms with Gasteiger partial charge in [-0.05, 0) is 51.9 Å². The second-order valence-electron chi connectivity index (χ2n) is 4.63. The Hall–Kier alpha value is -0.610. The van der Waals surface area contributed by atoms with Gasteiger partial charge in [0, 0.05) is 6.04 Å². The molecule has 2 aliphatic heterocycles. The SMILES string of the molecule is O=C(O)C1CCN(C2CCNCC2)CC1. The highest BCUT2D eigenvalue weighted by molar-refractivity contribution is 5.70. The van der Waals surface area contributed by atoms with Gasteiger partial charge in [0.05, 0.1) is 5.92 Å². The molecule has 0 saturated carbocycles. The van der Waals surface area contributed by atoms with Crippen molar-refractivity contribution >= 4 is 5.97 Å². The van der Waals surface area contributed by atoms with Crippen molar-refractivity contribution in [2.24, 2.45) is 5.92 Å². The van der Waals surface area contributed by atoms with Crippen LogP contribution in [0.1, 0.15) is 25.7 Å². The Kier molecular flexibility index (Phi) is 3.59. The summed E-state index contributed by atoms with van der Waals surface area (Å²) in [5.74, 6) is -0.706. The Bertz CT molecular complexity index is 219. The van der Waals surface area contributed by atoms with Gasteiger partial charge in [-0.3, -0.25) is 4.79 Å². The maximum Gasteiger partial charge on any atom is 0.306 e. The third-order valence-electron chi connectivity index (χ3n) is 3.70. The van der Waals surface area contributed by atoms with Crippen molar-refractivity contribution in [3.05, 3.63) is 0 Å². The largest absolute Gasteiger partial charge is 0.481 e. The van der Waals surface area contributed by atoms with Crippen LogP contribution < -0.4 is 5.32 Å². The number of hydrogen-bond acceptors (Lipinski definition) is 3. The fourth-order valence-corrected chi connectivity index (χ4v) is 2.68. The summed E-state index contributed by atoms with van der Waals surface area (Å²) in [6.07, 6.45) is 4.11. The molecule has 2 fully saturated rings. The minimum absolute atomic E-state index is 0.0945. The van der Waals surface area contributed by atoms with Crippen LogP contribution in [0.3, 0.4) is 0 Å². The Balaban J connectivity index is 1.79. The number of likely N-dealkylation sites (tertiary alicyclic amines) is 1. The van der Waals surface area contributed by atoms with E-state index in [2.05, 4.69) is 10.2 Å². The molecule has 0 unspecified atom stereocenters. The molecule has 4 heteroatoms. The summed E-state index contributed by atoms with van der Waals surface area (Å²) in [5, 5.41) is 12.3. The molecule has 2 N–H and O–H groups in total. The van der Waals surface area contributed by atoms with Crippen LogP contribution in [0.25, 0.3) is 0 Å². The van der Waals surface area contributed by atoms with Gasteiger partial charge in [0.15, 0.2) is 0 Å². The van der Waals surface area contributed by atoms with Crippen LogP contribution in [-0.2, 0) is 4.79 Å². The monoisotopic (exact) mass is 212 g/mol. The van der Waals surface area contributed by atoms with E-state index in [9.17, 15) is 4.79 Å². The van der Waals surface area contributed by atoms with Gasteiger partial charge in [-0.1, -0.05) is 0 Å². The van der Waals surface area contributed by atoms with Crippen LogP contribution >= 0.6 is 0 Å². The number of nitrogens with zero attached hydrogens (tertiary/aromatic N) is 1. The Labute approximate surface area is 90.6 Å². The fourth-order valence-electron chi connectivity index (χ4n) is 2.68. The number of carboxylic acids is 1. The molecule has 0 radical (unpaired) electrons. The molecule has 0 atom stereocenters. The van der Waals surface area contributed by atoms with E-state index in [0.717, 1.165) is 39.0 Å². The molecule has 86 valence electrons. The second kappa shape index (κ2) is 4.94. The van der Waals surface area contributed by atoms with Crippen LogP contribution in [0.4, 0.5) is 0 Å². The number of nitrogens with one attached hydrogen (secondary N) is 1. The number of carbonyl (C=O) groups is 1. The average molecular weight is 212 g/mol. The zero-order chi connectivity index (χ0) is 10.7. The van der Waals surface area contributed by atoms with Crippen molar-refractivity contribution in [2.45, 2.75) is 31.7 Å². The van der Waals surface area contributed by atoms with Crippen molar-refractivity contribution < 1.29 is 9.90 Å². The molecule has 0 aliphatic carbocycles. The molecule has 2 aliphatic rings. The molecule has 0 spiro atoms. The Morgan fingerprint density at radius 3 is 2.27 bits per heavy atom. The topological polar surface area (TPSA) is 52.6 Å². The van der Waals surface area contributed by atoms with E-state index >= 15 is 0 Å². The molecule has 2 heterocycles. The van der Waals surface area contributed by atoms with Gasteiger partial charge in [0.25, 0.3) is 0 Å². The molecule has 2 saturated heterocycles. The van der Waals surface area contributed by atoms with Crippen molar-refractivity contribution in [3.8, 4) is 0 Å². The molecule has 0 amide bonds. The number of aliphatic carboxylic acids is 1. The molecule has 0 aromatic rings. The fraction of sp³-hybridized carbons (Fsp3) is 0.909. The lowest BCUT2D eigenvalue weighted by Gasteiger charge is -2.38. The van der Waals surface area contributed by atoms with E-state index < -0.39 is 5.97 Å². The third-order valence-corrected chi connectivity index (χ3v) is 3.70. The van der Waals surface area contributed by atoms with Gasteiger partial charge in [-0.15, -0.1) is 0 Å². The van der Waals surface area contributed by atoms with Gasteiger partial charge in [-0.2, -0.15) is 0 Å². The lowest BCUT2D eigenvalue weighted by Crippen LogP contribution is -2.47. The number of hydrogen-bond donors (Lipinski definition) is 2. The lowest BCUT2D eigenvalue weighted by molar-refractivity contribution is -0.143. The van der Waals surface area contributed by atoms with Crippen LogP contribution in [-0.4, -0.2) is 48.2 Å². The average Bonchev–Trinajstić information content (AvgIpc) is 2.30. The summed E-state index contributed by atoms with van der Waals surface area (Å²) in [5.41, 5.74) is 0. The summed E-state index contributed by atoms with van der Waals surface area (Å²) in [4.78, 5) is 13.3. The van der Waals surface area contributed by atoms with E-state index in [1.54, 1.807) is 0 Å². The highest BCUT2D eigenvalue weighted by atomic mass is 16.4. The maximum absolute atomic E-state index is 10.8. The molecule has 2 rings (SSSR count). The first-order valence-electron chi connectivity index (χ1n) is 5.95. The van der Waals surface area contributed by atoms with Crippen molar-refractivity contribution in [3.63, 3.8) is 0 Å². The smallest absolute Gasteiger partial charge is 0.306 e. The minimum atomic E-state index is -0.611. The van der Waals surface area contributed by atoms with Gasteiger partial charge in [0.1, 0.15) is 0 Å². The van der Waals surface area contributed by atoms with Gasteiger partial charge in [-0.25, -0.2) is 0 Å². The van der Waals surface area contributed by atoms with E-state index in [-0.39, 0.29) is 5.92 Å². The van der Waals surface area contributed by atoms with Crippen LogP contribution in [0.2, 0.25) is 0 Å². The standard InChI is InChI=1S/C11H20N2O2/c14-11(15)9-3-7-13(8-4-9)10-1-5-12-6-2-10/h9-10,12H,1-8H2,(H,14,15). The van der Waals surface area contributed by atoms with Gasteiger partial charge >= 0.3 is 5.97 Å². The van der Waals surface area contributed by atoms with Crippen LogP contribution in [0.5, 0.6) is 0 Å². The van der Waals surface area contributed by atoms with E-state index in [1.807, 2.05) is 0 Å². The Morgan fingerprint density at radius 1 is 1.13 bits per heavy atom. The number of carboxylic acid groups (broad SMARTS) is 1. The molecule has 4 nitrogen and oxygen atoms in total. The van der Waals surface area contributed by atoms with Crippen molar-refractivity contribution in [1.82, 2.24) is 10.2 Å². The summed E-state index contributed by atoms with van der Waals surface area (Å²) < 4.78 is 0. The quantitative estimate of drug-likeness (QED) is 0.701. The number of piperidine rings is 2. The summed E-state index contributed by atoms with van der Waals surface area (Å²) >= 11 is 0. The maximum atomic E-state index is 10.8. The second-order valence-corrected chi connectivity index (χ2v) is 4.63. The predicted octanol–water partition coefficient (Wildman–Crippen LogP) is 0.535. The molecule has 0 aromatic heterocycles. The van der Waals surface area contributed by atoms with E-state index in [4.69, 9.17) is 5.11 Å². The molecule has 0 bridgehead atoms. The van der Waals surface area contributed by atoms with Crippen LogP contribution in [0.15, 0.2) is 0 Å². The van der Waals surface area contributed by atoms with Gasteiger partial charge < -0.3 is 15.3 Å². The van der Waals surface area contributed by atoms with Crippen molar-refractivity contribution in [1.29, 1.82) is 0 Å². The zero-order valence-electron chi connectivity index (χ0n) is 9.11. The van der Waals surface area contributed by atoms with Crippen LogP contribution in [0, 0.1) is 5.92 Å². The predicted molar refractivity (Wildman–Crippen MR) is 57.8 cm³/mol. The first-order valence-corrected chi connectivity index (χ1v) is 5.95. The molecular formula is C11H20N2O2. The lowest BCUT2D eigenvalue weighted by atomic mass is 9.94. The highest BCUT2D eigenvalue weighted by Crippen LogP contribution is 2.22. The normalized spacial score (nSPS) is 26.7. The summed E-state index contributed by atoms with van der Waals surface area (Å²) in [6.45, 7) is 4.18. The molecule has 0 aromatic carbocycles. The first-order chi connectivity index (χ1) is 7.27. The Morgan fingerprint density at radius 2 is 1.73 bits per heavy atom. The molecule has 15 heavy (non-hydrogen) atoms. The highest BCUT2D eigenvalue weighted by Gasteiger charge is 2.28.